The summed E-state index contributed by atoms with van der Waals surface area (Å²) in [6.45, 7) is 2.78. The molecule has 0 aromatic heterocycles. The third-order valence-electron chi connectivity index (χ3n) is 3.23. The summed E-state index contributed by atoms with van der Waals surface area (Å²) in [5, 5.41) is 14.7. The van der Waals surface area contributed by atoms with Crippen molar-refractivity contribution in [3.05, 3.63) is 74.8 Å². The summed E-state index contributed by atoms with van der Waals surface area (Å²) in [6, 6.07) is 14.7. The van der Waals surface area contributed by atoms with E-state index in [1.165, 1.54) is 17.7 Å². The molecule has 21 heavy (non-hydrogen) atoms. The Morgan fingerprint density at radius 1 is 1.19 bits per heavy atom. The number of nitro groups is 1. The topological polar surface area (TPSA) is 55.2 Å². The van der Waals surface area contributed by atoms with E-state index >= 15 is 0 Å². The molecule has 0 heterocycles. The van der Waals surface area contributed by atoms with Crippen LogP contribution in [0.25, 0.3) is 0 Å². The van der Waals surface area contributed by atoms with Crippen LogP contribution >= 0.6 is 11.6 Å². The Bertz CT molecular complexity index is 614. The highest BCUT2D eigenvalue weighted by atomic mass is 35.5. The minimum Gasteiger partial charge on any atom is -0.310 e. The second kappa shape index (κ2) is 7.20. The third kappa shape index (κ3) is 4.85. The maximum Gasteiger partial charge on any atom is 0.269 e. The summed E-state index contributed by atoms with van der Waals surface area (Å²) in [7, 11) is 0. The van der Waals surface area contributed by atoms with Crippen LogP contribution in [0.15, 0.2) is 48.5 Å². The number of nitrogens with one attached hydrogen (secondary N) is 1. The molecule has 4 nitrogen and oxygen atoms in total. The van der Waals surface area contributed by atoms with Gasteiger partial charge in [0.05, 0.1) is 4.92 Å². The molecule has 2 rings (SSSR count). The number of nitrogens with zero attached hydrogens (tertiary/aromatic N) is 1. The number of nitro benzene ring substituents is 1. The van der Waals surface area contributed by atoms with Crippen molar-refractivity contribution in [2.75, 3.05) is 0 Å². The third-order valence-corrected chi connectivity index (χ3v) is 3.47. The van der Waals surface area contributed by atoms with E-state index in [0.717, 1.165) is 17.0 Å². The molecule has 2 aromatic rings. The lowest BCUT2D eigenvalue weighted by atomic mass is 10.1. The fourth-order valence-electron chi connectivity index (χ4n) is 2.12. The molecule has 0 saturated heterocycles. The summed E-state index contributed by atoms with van der Waals surface area (Å²) in [6.07, 6.45) is 0.882. The first-order valence-corrected chi connectivity index (χ1v) is 7.13. The van der Waals surface area contributed by atoms with Crippen LogP contribution in [0.5, 0.6) is 0 Å². The molecule has 1 atom stereocenters. The van der Waals surface area contributed by atoms with Crippen LogP contribution in [0.1, 0.15) is 18.1 Å². The van der Waals surface area contributed by atoms with Crippen LogP contribution in [0, 0.1) is 10.1 Å². The first-order valence-electron chi connectivity index (χ1n) is 6.76. The molecule has 110 valence electrons. The number of benzene rings is 2. The average Bonchev–Trinajstić information content (AvgIpc) is 2.45. The van der Waals surface area contributed by atoms with Gasteiger partial charge in [0.2, 0.25) is 0 Å². The van der Waals surface area contributed by atoms with Gasteiger partial charge in [-0.1, -0.05) is 35.9 Å². The molecule has 0 aliphatic carbocycles. The first kappa shape index (κ1) is 15.5. The molecule has 2 aromatic carbocycles. The maximum atomic E-state index is 10.6. The van der Waals surface area contributed by atoms with Crippen LogP contribution in [-0.2, 0) is 13.0 Å². The van der Waals surface area contributed by atoms with Crippen molar-refractivity contribution < 1.29 is 4.92 Å². The Morgan fingerprint density at radius 3 is 2.52 bits per heavy atom. The fraction of sp³-hybridized carbons (Fsp3) is 0.250. The van der Waals surface area contributed by atoms with Crippen molar-refractivity contribution in [3.8, 4) is 0 Å². The van der Waals surface area contributed by atoms with Crippen LogP contribution in [0.4, 0.5) is 5.69 Å². The summed E-state index contributed by atoms with van der Waals surface area (Å²) in [5.74, 6) is 0. The van der Waals surface area contributed by atoms with Crippen LogP contribution in [-0.4, -0.2) is 11.0 Å². The molecule has 0 aliphatic heterocycles. The largest absolute Gasteiger partial charge is 0.310 e. The predicted octanol–water partition coefficient (Wildman–Crippen LogP) is 3.97. The predicted molar refractivity (Wildman–Crippen MR) is 84.6 cm³/mol. The van der Waals surface area contributed by atoms with Crippen LogP contribution < -0.4 is 5.32 Å². The standard InChI is InChI=1S/C16H17ClN2O2/c1-12(9-14-3-2-4-15(17)10-14)18-11-13-5-7-16(8-6-13)19(20)21/h2-8,10,12,18H,9,11H2,1H3. The quantitative estimate of drug-likeness (QED) is 0.649. The number of hydrogen-bond donors (Lipinski definition) is 1. The smallest absolute Gasteiger partial charge is 0.269 e. The van der Waals surface area contributed by atoms with Gasteiger partial charge in [-0.2, -0.15) is 0 Å². The molecule has 0 spiro atoms. The van der Waals surface area contributed by atoms with E-state index in [1.54, 1.807) is 12.1 Å². The van der Waals surface area contributed by atoms with Gasteiger partial charge in [-0.3, -0.25) is 10.1 Å². The van der Waals surface area contributed by atoms with Gasteiger partial charge in [0.25, 0.3) is 5.69 Å². The van der Waals surface area contributed by atoms with Crippen molar-refractivity contribution in [1.29, 1.82) is 0 Å². The minimum absolute atomic E-state index is 0.116. The average molecular weight is 305 g/mol. The van der Waals surface area contributed by atoms with Gasteiger partial charge in [-0.15, -0.1) is 0 Å². The highest BCUT2D eigenvalue weighted by molar-refractivity contribution is 6.30. The Labute approximate surface area is 128 Å². The molecule has 1 unspecified atom stereocenters. The van der Waals surface area contributed by atoms with Crippen molar-refractivity contribution in [2.24, 2.45) is 0 Å². The molecule has 0 radical (unpaired) electrons. The molecule has 1 N–H and O–H groups in total. The lowest BCUT2D eigenvalue weighted by Crippen LogP contribution is -2.27. The Morgan fingerprint density at radius 2 is 1.90 bits per heavy atom. The van der Waals surface area contributed by atoms with E-state index in [9.17, 15) is 10.1 Å². The van der Waals surface area contributed by atoms with E-state index in [4.69, 9.17) is 11.6 Å². The zero-order valence-electron chi connectivity index (χ0n) is 11.8. The number of non-ortho nitro benzene ring substituents is 1. The number of hydrogen-bond acceptors (Lipinski definition) is 3. The molecule has 0 aliphatic rings. The van der Waals surface area contributed by atoms with E-state index < -0.39 is 0 Å². The molecular weight excluding hydrogens is 288 g/mol. The summed E-state index contributed by atoms with van der Waals surface area (Å²) in [5.41, 5.74) is 2.33. The van der Waals surface area contributed by atoms with E-state index in [2.05, 4.69) is 18.3 Å². The van der Waals surface area contributed by atoms with Gasteiger partial charge in [0.1, 0.15) is 0 Å². The summed E-state index contributed by atoms with van der Waals surface area (Å²) in [4.78, 5) is 10.2. The Kier molecular flexibility index (Phi) is 5.31. The second-order valence-corrected chi connectivity index (χ2v) is 5.48. The monoisotopic (exact) mass is 304 g/mol. The molecule has 0 amide bonds. The summed E-state index contributed by atoms with van der Waals surface area (Å²) >= 11 is 5.97. The fourth-order valence-corrected chi connectivity index (χ4v) is 2.33. The van der Waals surface area contributed by atoms with Gasteiger partial charge in [0.15, 0.2) is 0 Å². The van der Waals surface area contributed by atoms with Crippen LogP contribution in [0.2, 0.25) is 5.02 Å². The zero-order chi connectivity index (χ0) is 15.2. The maximum absolute atomic E-state index is 10.6. The van der Waals surface area contributed by atoms with E-state index in [0.29, 0.717) is 12.6 Å². The van der Waals surface area contributed by atoms with Crippen molar-refractivity contribution >= 4 is 17.3 Å². The second-order valence-electron chi connectivity index (χ2n) is 5.04. The Balaban J connectivity index is 1.86. The summed E-state index contributed by atoms with van der Waals surface area (Å²) < 4.78 is 0. The number of halogens is 1. The highest BCUT2D eigenvalue weighted by Crippen LogP contribution is 2.14. The lowest BCUT2D eigenvalue weighted by Gasteiger charge is -2.14. The van der Waals surface area contributed by atoms with Gasteiger partial charge in [-0.05, 0) is 36.6 Å². The minimum atomic E-state index is -0.390. The molecule has 0 fully saturated rings. The molecule has 0 saturated carbocycles. The normalized spacial score (nSPS) is 12.1. The van der Waals surface area contributed by atoms with Gasteiger partial charge in [-0.25, -0.2) is 0 Å². The van der Waals surface area contributed by atoms with Crippen molar-refractivity contribution in [2.45, 2.75) is 25.9 Å². The Hall–Kier alpha value is -1.91. The van der Waals surface area contributed by atoms with Gasteiger partial charge >= 0.3 is 0 Å². The molecular formula is C16H17ClN2O2. The highest BCUT2D eigenvalue weighted by Gasteiger charge is 2.06. The molecule has 0 bridgehead atoms. The van der Waals surface area contributed by atoms with Gasteiger partial charge < -0.3 is 5.32 Å². The lowest BCUT2D eigenvalue weighted by molar-refractivity contribution is -0.384. The van der Waals surface area contributed by atoms with E-state index in [1.807, 2.05) is 18.2 Å². The zero-order valence-corrected chi connectivity index (χ0v) is 12.5. The van der Waals surface area contributed by atoms with Crippen molar-refractivity contribution in [1.82, 2.24) is 5.32 Å². The van der Waals surface area contributed by atoms with E-state index in [-0.39, 0.29) is 10.6 Å². The van der Waals surface area contributed by atoms with Crippen LogP contribution in [0.3, 0.4) is 0 Å². The SMILES string of the molecule is CC(Cc1cccc(Cl)c1)NCc1ccc([N+](=O)[O-])cc1. The first-order chi connectivity index (χ1) is 10.0. The van der Waals surface area contributed by atoms with Gasteiger partial charge in [0, 0.05) is 29.7 Å². The molecule has 5 heteroatoms. The number of rotatable bonds is 6. The van der Waals surface area contributed by atoms with Crippen molar-refractivity contribution in [3.63, 3.8) is 0 Å².